The summed E-state index contributed by atoms with van der Waals surface area (Å²) >= 11 is 0. The summed E-state index contributed by atoms with van der Waals surface area (Å²) in [5.41, 5.74) is 7.14. The zero-order chi connectivity index (χ0) is 11.4. The van der Waals surface area contributed by atoms with Crippen LogP contribution >= 0.6 is 0 Å². The summed E-state index contributed by atoms with van der Waals surface area (Å²) in [5, 5.41) is 6.32. The molecule has 1 heterocycles. The molecule has 86 valence electrons. The second-order valence-corrected chi connectivity index (χ2v) is 4.07. The fourth-order valence-corrected chi connectivity index (χ4v) is 1.71. The molecule has 0 saturated heterocycles. The topological polar surface area (TPSA) is 39.7 Å². The monoisotopic (exact) mass is 218 g/mol. The molecule has 0 amide bonds. The lowest BCUT2D eigenvalue weighted by molar-refractivity contribution is 0.278. The molecule has 0 bridgehead atoms. The van der Waals surface area contributed by atoms with Gasteiger partial charge < -0.3 is 0 Å². The van der Waals surface area contributed by atoms with E-state index in [2.05, 4.69) is 59.3 Å². The second-order valence-electron chi connectivity index (χ2n) is 4.07. The number of hydrazine groups is 2. The van der Waals surface area contributed by atoms with Gasteiger partial charge in [-0.1, -0.05) is 44.2 Å². The molecule has 1 aliphatic heterocycles. The molecule has 1 atom stereocenters. The first-order valence-corrected chi connectivity index (χ1v) is 5.71. The SMILES string of the molecule is CCC(C)C1=NNNN1Cc1ccccc1. The van der Waals surface area contributed by atoms with Crippen LogP contribution < -0.4 is 11.1 Å². The molecule has 0 fully saturated rings. The zero-order valence-electron chi connectivity index (χ0n) is 9.77. The number of nitrogens with one attached hydrogen (secondary N) is 2. The Kier molecular flexibility index (Phi) is 3.41. The van der Waals surface area contributed by atoms with Gasteiger partial charge in [0.1, 0.15) is 5.84 Å². The lowest BCUT2D eigenvalue weighted by Crippen LogP contribution is -2.42. The molecule has 1 aromatic rings. The van der Waals surface area contributed by atoms with Crippen molar-refractivity contribution in [2.24, 2.45) is 11.0 Å². The van der Waals surface area contributed by atoms with Crippen LogP contribution in [0.4, 0.5) is 0 Å². The lowest BCUT2D eigenvalue weighted by Gasteiger charge is -2.22. The lowest BCUT2D eigenvalue weighted by atomic mass is 10.1. The maximum atomic E-state index is 4.27. The van der Waals surface area contributed by atoms with Gasteiger partial charge in [0, 0.05) is 5.92 Å². The van der Waals surface area contributed by atoms with E-state index in [4.69, 9.17) is 0 Å². The number of hydrogen-bond acceptors (Lipinski definition) is 4. The average molecular weight is 218 g/mol. The van der Waals surface area contributed by atoms with Crippen molar-refractivity contribution in [3.63, 3.8) is 0 Å². The molecule has 0 aromatic heterocycles. The van der Waals surface area contributed by atoms with Crippen LogP contribution in [0.2, 0.25) is 0 Å². The first kappa shape index (κ1) is 11.0. The quantitative estimate of drug-likeness (QED) is 0.810. The molecule has 4 nitrogen and oxygen atoms in total. The smallest absolute Gasteiger partial charge is 0.145 e. The van der Waals surface area contributed by atoms with Crippen molar-refractivity contribution in [1.82, 2.24) is 16.1 Å². The maximum absolute atomic E-state index is 4.27. The fourth-order valence-electron chi connectivity index (χ4n) is 1.71. The zero-order valence-corrected chi connectivity index (χ0v) is 9.77. The normalized spacial score (nSPS) is 16.9. The van der Waals surface area contributed by atoms with Gasteiger partial charge in [-0.15, -0.1) is 10.6 Å². The van der Waals surface area contributed by atoms with Gasteiger partial charge in [0.25, 0.3) is 0 Å². The molecular formula is C12H18N4. The van der Waals surface area contributed by atoms with Gasteiger partial charge in [0.05, 0.1) is 6.54 Å². The second kappa shape index (κ2) is 4.99. The molecule has 16 heavy (non-hydrogen) atoms. The predicted octanol–water partition coefficient (Wildman–Crippen LogP) is 1.87. The summed E-state index contributed by atoms with van der Waals surface area (Å²) in [7, 11) is 0. The Morgan fingerprint density at radius 3 is 2.75 bits per heavy atom. The van der Waals surface area contributed by atoms with E-state index < -0.39 is 0 Å². The van der Waals surface area contributed by atoms with Crippen LogP contribution in [-0.4, -0.2) is 10.8 Å². The van der Waals surface area contributed by atoms with Gasteiger partial charge in [0.15, 0.2) is 0 Å². The van der Waals surface area contributed by atoms with Gasteiger partial charge in [-0.25, -0.2) is 5.53 Å². The largest absolute Gasteiger partial charge is 0.270 e. The molecule has 0 radical (unpaired) electrons. The van der Waals surface area contributed by atoms with Crippen molar-refractivity contribution in [3.05, 3.63) is 35.9 Å². The van der Waals surface area contributed by atoms with Crippen molar-refractivity contribution in [3.8, 4) is 0 Å². The number of rotatable bonds is 4. The van der Waals surface area contributed by atoms with Crippen LogP contribution in [0.3, 0.4) is 0 Å². The summed E-state index contributed by atoms with van der Waals surface area (Å²) in [6, 6.07) is 10.4. The summed E-state index contributed by atoms with van der Waals surface area (Å²) in [5.74, 6) is 1.54. The molecule has 4 heteroatoms. The number of hydrazone groups is 1. The summed E-state index contributed by atoms with van der Waals surface area (Å²) in [4.78, 5) is 0. The molecule has 0 aliphatic carbocycles. The Morgan fingerprint density at radius 1 is 1.31 bits per heavy atom. The number of benzene rings is 1. The summed E-state index contributed by atoms with van der Waals surface area (Å²) in [6.07, 6.45) is 1.09. The fraction of sp³-hybridized carbons (Fsp3) is 0.417. The average Bonchev–Trinajstić information content (AvgIpc) is 2.77. The van der Waals surface area contributed by atoms with Crippen LogP contribution in [0, 0.1) is 5.92 Å². The molecule has 2 N–H and O–H groups in total. The molecule has 0 spiro atoms. The number of nitrogens with zero attached hydrogens (tertiary/aromatic N) is 2. The van der Waals surface area contributed by atoms with Gasteiger partial charge in [0.2, 0.25) is 0 Å². The summed E-state index contributed by atoms with van der Waals surface area (Å²) in [6.45, 7) is 5.19. The van der Waals surface area contributed by atoms with E-state index >= 15 is 0 Å². The highest BCUT2D eigenvalue weighted by Gasteiger charge is 2.21. The Hall–Kier alpha value is -1.55. The van der Waals surface area contributed by atoms with E-state index in [0.717, 1.165) is 18.8 Å². The third-order valence-electron chi connectivity index (χ3n) is 2.87. The Labute approximate surface area is 96.3 Å². The van der Waals surface area contributed by atoms with Crippen molar-refractivity contribution < 1.29 is 0 Å². The van der Waals surface area contributed by atoms with E-state index in [1.54, 1.807) is 0 Å². The van der Waals surface area contributed by atoms with Crippen molar-refractivity contribution in [2.45, 2.75) is 26.8 Å². The van der Waals surface area contributed by atoms with Crippen molar-refractivity contribution in [1.29, 1.82) is 0 Å². The highest BCUT2D eigenvalue weighted by atomic mass is 15.8. The van der Waals surface area contributed by atoms with Crippen LogP contribution in [0.5, 0.6) is 0 Å². The highest BCUT2D eigenvalue weighted by molar-refractivity contribution is 5.84. The maximum Gasteiger partial charge on any atom is 0.145 e. The van der Waals surface area contributed by atoms with Gasteiger partial charge in [-0.2, -0.15) is 0 Å². The van der Waals surface area contributed by atoms with Crippen LogP contribution in [-0.2, 0) is 6.54 Å². The van der Waals surface area contributed by atoms with Crippen molar-refractivity contribution >= 4 is 5.84 Å². The molecule has 1 unspecified atom stereocenters. The predicted molar refractivity (Wildman–Crippen MR) is 65.1 cm³/mol. The summed E-state index contributed by atoms with van der Waals surface area (Å²) < 4.78 is 0. The van der Waals surface area contributed by atoms with E-state index in [9.17, 15) is 0 Å². The van der Waals surface area contributed by atoms with E-state index in [0.29, 0.717) is 5.92 Å². The highest BCUT2D eigenvalue weighted by Crippen LogP contribution is 2.12. The minimum absolute atomic E-state index is 0.464. The Balaban J connectivity index is 2.03. The molecule has 1 aromatic carbocycles. The van der Waals surface area contributed by atoms with E-state index in [-0.39, 0.29) is 0 Å². The Morgan fingerprint density at radius 2 is 2.06 bits per heavy atom. The van der Waals surface area contributed by atoms with Crippen LogP contribution in [0.1, 0.15) is 25.8 Å². The molecular weight excluding hydrogens is 200 g/mol. The Bertz CT molecular complexity index is 361. The number of amidine groups is 1. The molecule has 2 rings (SSSR count). The third kappa shape index (κ3) is 2.33. The third-order valence-corrected chi connectivity index (χ3v) is 2.87. The van der Waals surface area contributed by atoms with Crippen LogP contribution in [0.25, 0.3) is 0 Å². The molecule has 1 aliphatic rings. The standard InChI is InChI=1S/C12H18N4/c1-3-10(2)12-13-14-15-16(12)9-11-7-5-4-6-8-11/h4-8,10,14-15H,3,9H2,1-2H3. The first-order chi connectivity index (χ1) is 7.81. The van der Waals surface area contributed by atoms with E-state index in [1.165, 1.54) is 5.56 Å². The first-order valence-electron chi connectivity index (χ1n) is 5.71. The van der Waals surface area contributed by atoms with Crippen molar-refractivity contribution in [2.75, 3.05) is 0 Å². The van der Waals surface area contributed by atoms with Gasteiger partial charge >= 0.3 is 0 Å². The number of hydrogen-bond donors (Lipinski definition) is 2. The van der Waals surface area contributed by atoms with Gasteiger partial charge in [-0.3, -0.25) is 5.01 Å². The minimum atomic E-state index is 0.464. The minimum Gasteiger partial charge on any atom is -0.270 e. The van der Waals surface area contributed by atoms with Gasteiger partial charge in [-0.05, 0) is 12.0 Å². The van der Waals surface area contributed by atoms with Crippen LogP contribution in [0.15, 0.2) is 35.4 Å². The molecule has 0 saturated carbocycles. The van der Waals surface area contributed by atoms with E-state index in [1.807, 2.05) is 6.07 Å².